The first kappa shape index (κ1) is 18.6. The molecule has 2 fully saturated rings. The number of hydrogen-bond acceptors (Lipinski definition) is 0. The monoisotopic (exact) mass is 373 g/mol. The van der Waals surface area contributed by atoms with Crippen molar-refractivity contribution in [2.45, 2.75) is 116 Å². The lowest BCUT2D eigenvalue weighted by molar-refractivity contribution is -0.686. The molecule has 0 aromatic carbocycles. The highest BCUT2D eigenvalue weighted by molar-refractivity contribution is 7.18. The Kier molecular flexibility index (Phi) is 5.01. The average Bonchev–Trinajstić information content (AvgIpc) is 2.79. The Morgan fingerprint density at radius 1 is 0.808 bits per heavy atom. The number of rotatable bonds is 3. The molecule has 1 aromatic heterocycles. The predicted molar refractivity (Wildman–Crippen MR) is 112 cm³/mol. The summed E-state index contributed by atoms with van der Waals surface area (Å²) >= 11 is 0. The van der Waals surface area contributed by atoms with Crippen LogP contribution in [0, 0.1) is 0 Å². The van der Waals surface area contributed by atoms with E-state index in [1.54, 1.807) is 28.1 Å². The molecule has 3 aliphatic rings. The van der Waals surface area contributed by atoms with Crippen LogP contribution in [-0.4, -0.2) is 4.33 Å². The second-order valence-corrected chi connectivity index (χ2v) is 10.5. The molecule has 0 aliphatic heterocycles. The zero-order valence-corrected chi connectivity index (χ0v) is 18.6. The van der Waals surface area contributed by atoms with E-state index in [1.807, 2.05) is 0 Å². The summed E-state index contributed by atoms with van der Waals surface area (Å²) in [5.74, 6) is 1.68. The van der Waals surface area contributed by atoms with Crippen LogP contribution in [0.4, 0.5) is 0 Å². The summed E-state index contributed by atoms with van der Waals surface area (Å²) in [5.41, 5.74) is 6.43. The van der Waals surface area contributed by atoms with Gasteiger partial charge in [0.15, 0.2) is 0 Å². The Labute approximate surface area is 162 Å². The Morgan fingerprint density at radius 2 is 1.31 bits per heavy atom. The minimum Gasteiger partial charge on any atom is -0.229 e. The molecule has 0 atom stereocenters. The zero-order chi connectivity index (χ0) is 18.5. The van der Waals surface area contributed by atoms with Crippen molar-refractivity contribution >= 4 is 8.51 Å². The van der Waals surface area contributed by atoms with Crippen LogP contribution in [0.2, 0.25) is 0 Å². The lowest BCUT2D eigenvalue weighted by atomic mass is 9.77. The quantitative estimate of drug-likeness (QED) is 0.553. The predicted octanol–water partition coefficient (Wildman–Crippen LogP) is 6.76. The van der Waals surface area contributed by atoms with Crippen LogP contribution in [0.15, 0.2) is 22.3 Å². The van der Waals surface area contributed by atoms with Gasteiger partial charge in [-0.1, -0.05) is 12.8 Å². The number of nitrogens with zero attached hydrogens (tertiary/aromatic N) is 2. The van der Waals surface area contributed by atoms with Gasteiger partial charge in [0.2, 0.25) is 5.82 Å². The third kappa shape index (κ3) is 2.70. The summed E-state index contributed by atoms with van der Waals surface area (Å²) in [5, 5.41) is 0. The molecule has 0 spiro atoms. The van der Waals surface area contributed by atoms with Crippen LogP contribution in [0.5, 0.6) is 0 Å². The number of allylic oxidation sites excluding steroid dienone is 4. The molecule has 4 rings (SSSR count). The molecule has 26 heavy (non-hydrogen) atoms. The van der Waals surface area contributed by atoms with Gasteiger partial charge < -0.3 is 0 Å². The summed E-state index contributed by atoms with van der Waals surface area (Å²) in [6.45, 7) is 12.0. The lowest BCUT2D eigenvalue weighted by Crippen LogP contribution is -2.54. The van der Waals surface area contributed by atoms with Crippen LogP contribution < -0.4 is 4.33 Å². The van der Waals surface area contributed by atoms with E-state index < -0.39 is 0 Å². The fourth-order valence-corrected chi connectivity index (χ4v) is 7.67. The number of hydrogen-bond donors (Lipinski definition) is 0. The van der Waals surface area contributed by atoms with Crippen LogP contribution in [-0.2, 0) is 5.41 Å². The van der Waals surface area contributed by atoms with E-state index >= 15 is 0 Å². The van der Waals surface area contributed by atoms with Gasteiger partial charge in [-0.3, -0.25) is 0 Å². The lowest BCUT2D eigenvalue weighted by Gasteiger charge is -2.39. The van der Waals surface area contributed by atoms with Gasteiger partial charge in [0.05, 0.1) is 17.5 Å². The number of aromatic nitrogens is 2. The molecule has 0 N–H and O–H groups in total. The standard InChI is InChI=1S/C23H38N2P/c1-16-17(2)19(4)23(5,18(16)3)22-24(20-12-8-6-9-13-20)26-25(22)21-14-10-7-11-15-21/h20-21,26H,6-15H2,1-5H3/q+1. The summed E-state index contributed by atoms with van der Waals surface area (Å²) < 4.78 is 5.74. The van der Waals surface area contributed by atoms with Crippen molar-refractivity contribution in [3.63, 3.8) is 0 Å². The smallest absolute Gasteiger partial charge is 0.224 e. The molecule has 0 radical (unpaired) electrons. The Bertz CT molecular complexity index is 678. The third-order valence-corrected chi connectivity index (χ3v) is 9.77. The fraction of sp³-hybridized carbons (Fsp3) is 0.783. The van der Waals surface area contributed by atoms with Crippen molar-refractivity contribution in [3.05, 3.63) is 28.1 Å². The normalized spacial score (nSPS) is 25.9. The van der Waals surface area contributed by atoms with E-state index in [0.29, 0.717) is 0 Å². The van der Waals surface area contributed by atoms with Crippen molar-refractivity contribution in [3.8, 4) is 0 Å². The van der Waals surface area contributed by atoms with Crippen molar-refractivity contribution in [1.82, 2.24) is 4.33 Å². The molecule has 2 nitrogen and oxygen atoms in total. The molecule has 144 valence electrons. The topological polar surface area (TPSA) is 8.81 Å². The Balaban J connectivity index is 1.80. The minimum absolute atomic E-state index is 0.133. The van der Waals surface area contributed by atoms with E-state index in [2.05, 4.69) is 43.3 Å². The maximum absolute atomic E-state index is 2.87. The van der Waals surface area contributed by atoms with E-state index in [1.165, 1.54) is 64.2 Å². The second-order valence-electron chi connectivity index (χ2n) is 9.37. The maximum Gasteiger partial charge on any atom is 0.224 e. The van der Waals surface area contributed by atoms with Crippen molar-refractivity contribution in [2.24, 2.45) is 0 Å². The summed E-state index contributed by atoms with van der Waals surface area (Å²) in [6.07, 6.45) is 14.3. The molecule has 1 heterocycles. The first-order valence-electron chi connectivity index (χ1n) is 11.0. The van der Waals surface area contributed by atoms with Gasteiger partial charge in [-0.25, -0.2) is 8.66 Å². The molecule has 0 bridgehead atoms. The highest BCUT2D eigenvalue weighted by Gasteiger charge is 2.48. The van der Waals surface area contributed by atoms with Crippen LogP contribution >= 0.6 is 8.51 Å². The van der Waals surface area contributed by atoms with E-state index in [9.17, 15) is 0 Å². The Hall–Kier alpha value is -0.750. The molecule has 3 heteroatoms. The maximum atomic E-state index is 2.87. The van der Waals surface area contributed by atoms with Gasteiger partial charge in [0.1, 0.15) is 8.51 Å². The molecular weight excluding hydrogens is 335 g/mol. The summed E-state index contributed by atoms with van der Waals surface area (Å²) in [7, 11) is 0.901. The van der Waals surface area contributed by atoms with E-state index in [-0.39, 0.29) is 5.41 Å². The SMILES string of the molecule is CC1=C(C)C(C)(c2n(C3CCCCC3)[pH][n+]2C2CCCCC2)C(C)=C1C. The highest BCUT2D eigenvalue weighted by Crippen LogP contribution is 2.51. The molecule has 2 saturated carbocycles. The molecule has 0 amide bonds. The van der Waals surface area contributed by atoms with Crippen molar-refractivity contribution in [2.75, 3.05) is 0 Å². The summed E-state index contributed by atoms with van der Waals surface area (Å²) in [4.78, 5) is 0. The van der Waals surface area contributed by atoms with E-state index in [0.717, 1.165) is 20.6 Å². The van der Waals surface area contributed by atoms with Gasteiger partial charge in [-0.15, -0.1) is 0 Å². The summed E-state index contributed by atoms with van der Waals surface area (Å²) in [6, 6.07) is 1.60. The van der Waals surface area contributed by atoms with Crippen LogP contribution in [0.25, 0.3) is 0 Å². The first-order valence-corrected chi connectivity index (χ1v) is 11.9. The molecule has 1 aromatic rings. The minimum atomic E-state index is 0.133. The van der Waals surface area contributed by atoms with E-state index in [4.69, 9.17) is 0 Å². The van der Waals surface area contributed by atoms with Crippen LogP contribution in [0.3, 0.4) is 0 Å². The molecular formula is C23H38N2P+. The Morgan fingerprint density at radius 3 is 1.85 bits per heavy atom. The van der Waals surface area contributed by atoms with Gasteiger partial charge in [-0.05, 0) is 108 Å². The van der Waals surface area contributed by atoms with Crippen molar-refractivity contribution in [1.29, 1.82) is 0 Å². The fourth-order valence-electron chi connectivity index (χ4n) is 5.88. The molecule has 3 aliphatic carbocycles. The van der Waals surface area contributed by atoms with Crippen LogP contribution in [0.1, 0.15) is 117 Å². The largest absolute Gasteiger partial charge is 0.229 e. The second kappa shape index (κ2) is 7.01. The molecule has 0 unspecified atom stereocenters. The third-order valence-electron chi connectivity index (χ3n) is 8.19. The van der Waals surface area contributed by atoms with Crippen molar-refractivity contribution < 1.29 is 4.33 Å². The van der Waals surface area contributed by atoms with Gasteiger partial charge in [0.25, 0.3) is 0 Å². The molecule has 0 saturated heterocycles. The van der Waals surface area contributed by atoms with Gasteiger partial charge in [-0.2, -0.15) is 0 Å². The van der Waals surface area contributed by atoms with Gasteiger partial charge >= 0.3 is 0 Å². The first-order chi connectivity index (χ1) is 12.5. The zero-order valence-electron chi connectivity index (χ0n) is 17.6. The highest BCUT2D eigenvalue weighted by atomic mass is 31.1. The van der Waals surface area contributed by atoms with Gasteiger partial charge in [0, 0.05) is 0 Å². The average molecular weight is 374 g/mol.